The molecule has 1 fully saturated rings. The van der Waals surface area contributed by atoms with Gasteiger partial charge in [0.2, 0.25) is 0 Å². The van der Waals surface area contributed by atoms with Crippen LogP contribution < -0.4 is 14.4 Å². The first-order valence-electron chi connectivity index (χ1n) is 11.2. The lowest BCUT2D eigenvalue weighted by molar-refractivity contribution is 0.0992. The fraction of sp³-hybridized carbons (Fsp3) is 0.440. The van der Waals surface area contributed by atoms with E-state index < -0.39 is 0 Å². The Labute approximate surface area is 183 Å². The first kappa shape index (κ1) is 21.2. The highest BCUT2D eigenvalue weighted by Gasteiger charge is 2.23. The van der Waals surface area contributed by atoms with Crippen molar-refractivity contribution in [3.05, 3.63) is 53.9 Å². The van der Waals surface area contributed by atoms with Gasteiger partial charge in [0.05, 0.1) is 19.4 Å². The smallest absolute Gasteiger partial charge is 0.259 e. The van der Waals surface area contributed by atoms with Gasteiger partial charge in [0.1, 0.15) is 11.6 Å². The average Bonchev–Trinajstić information content (AvgIpc) is 3.21. The van der Waals surface area contributed by atoms with E-state index in [4.69, 9.17) is 14.5 Å². The lowest BCUT2D eigenvalue weighted by Crippen LogP contribution is -2.28. The zero-order valence-electron chi connectivity index (χ0n) is 18.6. The summed E-state index contributed by atoms with van der Waals surface area (Å²) in [6.07, 6.45) is 9.07. The van der Waals surface area contributed by atoms with E-state index in [0.717, 1.165) is 41.7 Å². The minimum Gasteiger partial charge on any atom is -0.497 e. The maximum atomic E-state index is 13.2. The Balaban J connectivity index is 1.62. The lowest BCUT2D eigenvalue weighted by atomic mass is 9.90. The van der Waals surface area contributed by atoms with E-state index in [1.165, 1.54) is 32.1 Å². The monoisotopic (exact) mass is 421 g/mol. The van der Waals surface area contributed by atoms with Crippen LogP contribution in [0.5, 0.6) is 11.5 Å². The number of aryl methyl sites for hydroxylation is 1. The summed E-state index contributed by atoms with van der Waals surface area (Å²) in [4.78, 5) is 19.7. The van der Waals surface area contributed by atoms with Crippen LogP contribution in [0.15, 0.2) is 42.6 Å². The van der Waals surface area contributed by atoms with Gasteiger partial charge >= 0.3 is 0 Å². The van der Waals surface area contributed by atoms with Crippen LogP contribution in [0.25, 0.3) is 5.65 Å². The number of benzene rings is 1. The number of pyridine rings is 1. The standard InChI is InChI=1S/C25H31N3O3/c1-4-21-24(27(2)25(29)19-12-14-20(30-3)15-13-19)28-16-8-11-22(23(28)26-21)31-17-18-9-6-5-7-10-18/h8,11-16,18H,4-7,9-10,17H2,1-3H3. The molecule has 4 rings (SSSR count). The van der Waals surface area contributed by atoms with Crippen molar-refractivity contribution in [1.29, 1.82) is 0 Å². The summed E-state index contributed by atoms with van der Waals surface area (Å²) in [5.74, 6) is 2.81. The Hall–Kier alpha value is -3.02. The van der Waals surface area contributed by atoms with Gasteiger partial charge in [-0.1, -0.05) is 26.2 Å². The molecule has 1 aliphatic rings. The Morgan fingerprint density at radius 2 is 1.90 bits per heavy atom. The molecule has 164 valence electrons. The Morgan fingerprint density at radius 1 is 1.16 bits per heavy atom. The van der Waals surface area contributed by atoms with E-state index in [9.17, 15) is 4.79 Å². The molecule has 6 heteroatoms. The average molecular weight is 422 g/mol. The molecule has 0 spiro atoms. The first-order valence-corrected chi connectivity index (χ1v) is 11.2. The van der Waals surface area contributed by atoms with E-state index in [-0.39, 0.29) is 5.91 Å². The van der Waals surface area contributed by atoms with E-state index in [2.05, 4.69) is 6.92 Å². The van der Waals surface area contributed by atoms with Gasteiger partial charge in [0, 0.05) is 18.8 Å². The minimum atomic E-state index is -0.0901. The molecule has 0 N–H and O–H groups in total. The van der Waals surface area contributed by atoms with Gasteiger partial charge in [-0.3, -0.25) is 14.1 Å². The Kier molecular flexibility index (Phi) is 6.44. The van der Waals surface area contributed by atoms with Crippen LogP contribution in [-0.2, 0) is 6.42 Å². The second kappa shape index (κ2) is 9.41. The number of carbonyl (C=O) groups is 1. The van der Waals surface area contributed by atoms with Crippen molar-refractivity contribution < 1.29 is 14.3 Å². The highest BCUT2D eigenvalue weighted by atomic mass is 16.5. The normalized spacial score (nSPS) is 14.5. The number of fused-ring (bicyclic) bond motifs is 1. The summed E-state index contributed by atoms with van der Waals surface area (Å²) >= 11 is 0. The van der Waals surface area contributed by atoms with Crippen LogP contribution in [0, 0.1) is 5.92 Å². The van der Waals surface area contributed by atoms with Gasteiger partial charge in [-0.05, 0) is 61.6 Å². The SMILES string of the molecule is CCc1nc2c(OCC3CCCCC3)cccn2c1N(C)C(=O)c1ccc(OC)cc1. The number of amides is 1. The number of hydrogen-bond acceptors (Lipinski definition) is 4. The first-order chi connectivity index (χ1) is 15.1. The molecule has 0 unspecified atom stereocenters. The molecular weight excluding hydrogens is 390 g/mol. The predicted octanol–water partition coefficient (Wildman–Crippen LogP) is 5.14. The zero-order valence-corrected chi connectivity index (χ0v) is 18.6. The molecular formula is C25H31N3O3. The van der Waals surface area contributed by atoms with Crippen molar-refractivity contribution >= 4 is 17.4 Å². The molecule has 1 aromatic carbocycles. The molecule has 1 amide bonds. The van der Waals surface area contributed by atoms with Crippen LogP contribution in [0.4, 0.5) is 5.82 Å². The molecule has 0 bridgehead atoms. The molecule has 0 saturated heterocycles. The summed E-state index contributed by atoms with van der Waals surface area (Å²) in [5.41, 5.74) is 2.24. The largest absolute Gasteiger partial charge is 0.497 e. The minimum absolute atomic E-state index is 0.0901. The number of rotatable bonds is 7. The third kappa shape index (κ3) is 4.38. The van der Waals surface area contributed by atoms with E-state index in [1.807, 2.05) is 22.7 Å². The lowest BCUT2D eigenvalue weighted by Gasteiger charge is -2.22. The number of methoxy groups -OCH3 is 1. The van der Waals surface area contributed by atoms with Crippen LogP contribution in [0.3, 0.4) is 0 Å². The van der Waals surface area contributed by atoms with E-state index in [0.29, 0.717) is 11.5 Å². The molecule has 1 saturated carbocycles. The highest BCUT2D eigenvalue weighted by Crippen LogP contribution is 2.30. The number of ether oxygens (including phenoxy) is 2. The molecule has 2 aromatic heterocycles. The van der Waals surface area contributed by atoms with Gasteiger partial charge < -0.3 is 9.47 Å². The molecule has 0 atom stereocenters. The summed E-state index contributed by atoms with van der Waals surface area (Å²) in [7, 11) is 3.41. The third-order valence-electron chi connectivity index (χ3n) is 6.15. The van der Waals surface area contributed by atoms with Gasteiger partial charge in [-0.2, -0.15) is 0 Å². The zero-order chi connectivity index (χ0) is 21.8. The number of hydrogen-bond donors (Lipinski definition) is 0. The van der Waals surface area contributed by atoms with Crippen molar-refractivity contribution in [2.75, 3.05) is 25.7 Å². The quantitative estimate of drug-likeness (QED) is 0.530. The highest BCUT2D eigenvalue weighted by molar-refractivity contribution is 6.05. The number of aromatic nitrogens is 2. The Morgan fingerprint density at radius 3 is 2.58 bits per heavy atom. The van der Waals surface area contributed by atoms with Crippen LogP contribution >= 0.6 is 0 Å². The fourth-order valence-corrected chi connectivity index (χ4v) is 4.37. The summed E-state index contributed by atoms with van der Waals surface area (Å²) in [5, 5.41) is 0. The predicted molar refractivity (Wildman–Crippen MR) is 122 cm³/mol. The van der Waals surface area contributed by atoms with Crippen molar-refractivity contribution in [1.82, 2.24) is 9.38 Å². The molecule has 3 aromatic rings. The molecule has 2 heterocycles. The van der Waals surface area contributed by atoms with E-state index in [1.54, 1.807) is 43.3 Å². The molecule has 0 radical (unpaired) electrons. The number of carbonyl (C=O) groups excluding carboxylic acids is 1. The van der Waals surface area contributed by atoms with Gasteiger partial charge in [-0.25, -0.2) is 4.98 Å². The van der Waals surface area contributed by atoms with Crippen LogP contribution in [0.1, 0.15) is 55.1 Å². The van der Waals surface area contributed by atoms with E-state index >= 15 is 0 Å². The van der Waals surface area contributed by atoms with Crippen molar-refractivity contribution in [3.8, 4) is 11.5 Å². The molecule has 0 aliphatic heterocycles. The van der Waals surface area contributed by atoms with Gasteiger partial charge in [0.25, 0.3) is 5.91 Å². The number of anilines is 1. The molecule has 31 heavy (non-hydrogen) atoms. The summed E-state index contributed by atoms with van der Waals surface area (Å²) in [6.45, 7) is 2.78. The molecule has 6 nitrogen and oxygen atoms in total. The van der Waals surface area contributed by atoms with Crippen molar-refractivity contribution in [2.45, 2.75) is 45.4 Å². The molecule has 1 aliphatic carbocycles. The maximum absolute atomic E-state index is 13.2. The van der Waals surface area contributed by atoms with Gasteiger partial charge in [0.15, 0.2) is 11.4 Å². The van der Waals surface area contributed by atoms with Crippen LogP contribution in [0.2, 0.25) is 0 Å². The van der Waals surface area contributed by atoms with Crippen LogP contribution in [-0.4, -0.2) is 36.1 Å². The topological polar surface area (TPSA) is 56.1 Å². The van der Waals surface area contributed by atoms with Gasteiger partial charge in [-0.15, -0.1) is 0 Å². The number of imidazole rings is 1. The summed E-state index contributed by atoms with van der Waals surface area (Å²) in [6, 6.07) is 11.1. The van der Waals surface area contributed by atoms with Crippen molar-refractivity contribution in [2.24, 2.45) is 5.92 Å². The van der Waals surface area contributed by atoms with Crippen molar-refractivity contribution in [3.63, 3.8) is 0 Å². The number of nitrogens with zero attached hydrogens (tertiary/aromatic N) is 3. The maximum Gasteiger partial charge on any atom is 0.259 e. The fourth-order valence-electron chi connectivity index (χ4n) is 4.37. The third-order valence-corrected chi connectivity index (χ3v) is 6.15. The second-order valence-corrected chi connectivity index (χ2v) is 8.21. The second-order valence-electron chi connectivity index (χ2n) is 8.21. The Bertz CT molecular complexity index is 1040. The summed E-state index contributed by atoms with van der Waals surface area (Å²) < 4.78 is 13.4.